The number of benzene rings is 1. The summed E-state index contributed by atoms with van der Waals surface area (Å²) in [6.07, 6.45) is 0.189. The number of sulfonamides is 1. The number of fused-ring (bicyclic) bond motifs is 1. The van der Waals surface area contributed by atoms with E-state index in [0.717, 1.165) is 0 Å². The van der Waals surface area contributed by atoms with Crippen molar-refractivity contribution >= 4 is 21.6 Å². The van der Waals surface area contributed by atoms with Gasteiger partial charge in [-0.05, 0) is 30.7 Å². The van der Waals surface area contributed by atoms with Crippen LogP contribution in [0.25, 0.3) is 0 Å². The molecular formula is C11H14N2O4S. The molecule has 0 bridgehead atoms. The molecule has 1 aromatic carbocycles. The van der Waals surface area contributed by atoms with Crippen LogP contribution in [0, 0.1) is 0 Å². The Balaban J connectivity index is 2.30. The highest BCUT2D eigenvalue weighted by Gasteiger charge is 2.22. The second-order valence-corrected chi connectivity index (χ2v) is 5.96. The Bertz CT molecular complexity index is 583. The van der Waals surface area contributed by atoms with Crippen LogP contribution in [0.3, 0.4) is 0 Å². The first-order valence-corrected chi connectivity index (χ1v) is 6.96. The molecule has 0 saturated heterocycles. The second kappa shape index (κ2) is 4.68. The van der Waals surface area contributed by atoms with Crippen LogP contribution in [0.1, 0.15) is 12.5 Å². The van der Waals surface area contributed by atoms with Crippen molar-refractivity contribution in [3.63, 3.8) is 0 Å². The quantitative estimate of drug-likeness (QED) is 0.708. The van der Waals surface area contributed by atoms with E-state index in [9.17, 15) is 13.2 Å². The molecule has 1 heterocycles. The maximum Gasteiger partial charge on any atom is 0.240 e. The van der Waals surface area contributed by atoms with Gasteiger partial charge < -0.3 is 10.4 Å². The molecule has 0 saturated carbocycles. The predicted molar refractivity (Wildman–Crippen MR) is 65.6 cm³/mol. The molecule has 3 N–H and O–H groups in total. The highest BCUT2D eigenvalue weighted by Crippen LogP contribution is 2.25. The molecule has 18 heavy (non-hydrogen) atoms. The van der Waals surface area contributed by atoms with Gasteiger partial charge in [-0.3, -0.25) is 4.79 Å². The van der Waals surface area contributed by atoms with Gasteiger partial charge in [-0.1, -0.05) is 0 Å². The summed E-state index contributed by atoms with van der Waals surface area (Å²) in [5.74, 6) is -0.142. The first kappa shape index (κ1) is 13.0. The van der Waals surface area contributed by atoms with E-state index in [0.29, 0.717) is 11.3 Å². The minimum Gasteiger partial charge on any atom is -0.395 e. The number of nitrogens with one attached hydrogen (secondary N) is 2. The molecule has 1 aromatic rings. The average Bonchev–Trinajstić information content (AvgIpc) is 2.67. The highest BCUT2D eigenvalue weighted by molar-refractivity contribution is 7.89. The van der Waals surface area contributed by atoms with Crippen molar-refractivity contribution in [3.05, 3.63) is 23.8 Å². The first-order valence-electron chi connectivity index (χ1n) is 5.48. The van der Waals surface area contributed by atoms with Gasteiger partial charge in [0.25, 0.3) is 0 Å². The minimum absolute atomic E-state index is 0.0954. The van der Waals surface area contributed by atoms with Gasteiger partial charge in [-0.15, -0.1) is 0 Å². The number of amides is 1. The van der Waals surface area contributed by atoms with Crippen molar-refractivity contribution in [2.45, 2.75) is 24.3 Å². The summed E-state index contributed by atoms with van der Waals surface area (Å²) in [5, 5.41) is 11.5. The zero-order chi connectivity index (χ0) is 13.3. The fourth-order valence-electron chi connectivity index (χ4n) is 1.74. The molecule has 0 fully saturated rings. The maximum absolute atomic E-state index is 12.0. The van der Waals surface area contributed by atoms with E-state index in [4.69, 9.17) is 5.11 Å². The van der Waals surface area contributed by atoms with E-state index < -0.39 is 16.1 Å². The molecule has 0 radical (unpaired) electrons. The van der Waals surface area contributed by atoms with Crippen LogP contribution < -0.4 is 10.0 Å². The Hall–Kier alpha value is -1.44. The fourth-order valence-corrected chi connectivity index (χ4v) is 3.03. The summed E-state index contributed by atoms with van der Waals surface area (Å²) in [6, 6.07) is 3.91. The summed E-state index contributed by atoms with van der Waals surface area (Å²) >= 11 is 0. The zero-order valence-electron chi connectivity index (χ0n) is 9.80. The molecule has 98 valence electrons. The van der Waals surface area contributed by atoms with Crippen molar-refractivity contribution in [1.29, 1.82) is 0 Å². The molecule has 0 aromatic heterocycles. The minimum atomic E-state index is -3.66. The number of rotatable bonds is 4. The number of aliphatic hydroxyl groups excluding tert-OH is 1. The van der Waals surface area contributed by atoms with Gasteiger partial charge in [0.1, 0.15) is 0 Å². The molecule has 6 nitrogen and oxygen atoms in total. The van der Waals surface area contributed by atoms with Crippen LogP contribution in [-0.2, 0) is 21.2 Å². The third kappa shape index (κ3) is 2.53. The van der Waals surface area contributed by atoms with Gasteiger partial charge >= 0.3 is 0 Å². The average molecular weight is 270 g/mol. The van der Waals surface area contributed by atoms with Crippen molar-refractivity contribution in [2.24, 2.45) is 0 Å². The largest absolute Gasteiger partial charge is 0.395 e. The predicted octanol–water partition coefficient (Wildman–Crippen LogP) is -0.160. The van der Waals surface area contributed by atoms with E-state index in [1.165, 1.54) is 12.1 Å². The van der Waals surface area contributed by atoms with Gasteiger partial charge in [-0.2, -0.15) is 0 Å². The molecule has 1 aliphatic rings. The Morgan fingerprint density at radius 1 is 1.50 bits per heavy atom. The van der Waals surface area contributed by atoms with Gasteiger partial charge in [0.05, 0.1) is 17.9 Å². The molecule has 1 unspecified atom stereocenters. The lowest BCUT2D eigenvalue weighted by atomic mass is 10.2. The maximum atomic E-state index is 12.0. The molecule has 2 rings (SSSR count). The van der Waals surface area contributed by atoms with Crippen LogP contribution >= 0.6 is 0 Å². The highest BCUT2D eigenvalue weighted by atomic mass is 32.2. The summed E-state index contributed by atoms with van der Waals surface area (Å²) < 4.78 is 26.3. The molecule has 0 aliphatic carbocycles. The number of hydrogen-bond acceptors (Lipinski definition) is 4. The van der Waals surface area contributed by atoms with E-state index in [1.807, 2.05) is 0 Å². The van der Waals surface area contributed by atoms with Crippen LogP contribution in [-0.4, -0.2) is 32.1 Å². The Labute approximate surface area is 105 Å². The van der Waals surface area contributed by atoms with Gasteiger partial charge in [0.2, 0.25) is 15.9 Å². The number of anilines is 1. The molecular weight excluding hydrogens is 256 g/mol. The fraction of sp³-hybridized carbons (Fsp3) is 0.364. The standard InChI is InChI=1S/C11H14N2O4S/c1-7(6-14)13-18(16,17)9-2-3-10-8(4-9)5-11(15)12-10/h2-4,7,13-14H,5-6H2,1H3,(H,12,15). The topological polar surface area (TPSA) is 95.5 Å². The number of carbonyl (C=O) groups is 1. The normalized spacial score (nSPS) is 16.2. The van der Waals surface area contributed by atoms with E-state index in [1.54, 1.807) is 13.0 Å². The Kier molecular flexibility index (Phi) is 3.38. The van der Waals surface area contributed by atoms with Crippen molar-refractivity contribution in [2.75, 3.05) is 11.9 Å². The van der Waals surface area contributed by atoms with E-state index in [2.05, 4.69) is 10.0 Å². The Morgan fingerprint density at radius 2 is 2.22 bits per heavy atom. The SMILES string of the molecule is CC(CO)NS(=O)(=O)c1ccc2c(c1)CC(=O)N2. The number of hydrogen-bond donors (Lipinski definition) is 3. The lowest BCUT2D eigenvalue weighted by Crippen LogP contribution is -2.35. The smallest absolute Gasteiger partial charge is 0.240 e. The van der Waals surface area contributed by atoms with Gasteiger partial charge in [-0.25, -0.2) is 13.1 Å². The van der Waals surface area contributed by atoms with Gasteiger partial charge in [0, 0.05) is 11.7 Å². The third-order valence-corrected chi connectivity index (χ3v) is 4.23. The first-order chi connectivity index (χ1) is 8.42. The summed E-state index contributed by atoms with van der Waals surface area (Å²) in [7, 11) is -3.66. The number of aliphatic hydroxyl groups is 1. The summed E-state index contributed by atoms with van der Waals surface area (Å²) in [6.45, 7) is 1.29. The van der Waals surface area contributed by atoms with E-state index in [-0.39, 0.29) is 23.8 Å². The zero-order valence-corrected chi connectivity index (χ0v) is 10.6. The molecule has 1 amide bonds. The second-order valence-electron chi connectivity index (χ2n) is 4.25. The van der Waals surface area contributed by atoms with Crippen LogP contribution in [0.2, 0.25) is 0 Å². The third-order valence-electron chi connectivity index (χ3n) is 2.64. The lowest BCUT2D eigenvalue weighted by molar-refractivity contribution is -0.115. The van der Waals surface area contributed by atoms with Crippen molar-refractivity contribution < 1.29 is 18.3 Å². The van der Waals surface area contributed by atoms with Crippen molar-refractivity contribution in [3.8, 4) is 0 Å². The molecule has 1 aliphatic heterocycles. The summed E-state index contributed by atoms with van der Waals surface area (Å²) in [4.78, 5) is 11.3. The van der Waals surface area contributed by atoms with Crippen LogP contribution in [0.5, 0.6) is 0 Å². The number of carbonyl (C=O) groups excluding carboxylic acids is 1. The van der Waals surface area contributed by atoms with E-state index >= 15 is 0 Å². The molecule has 1 atom stereocenters. The molecule has 7 heteroatoms. The van der Waals surface area contributed by atoms with Crippen molar-refractivity contribution in [1.82, 2.24) is 4.72 Å². The van der Waals surface area contributed by atoms with Crippen LogP contribution in [0.4, 0.5) is 5.69 Å². The van der Waals surface area contributed by atoms with Gasteiger partial charge in [0.15, 0.2) is 0 Å². The molecule has 0 spiro atoms. The lowest BCUT2D eigenvalue weighted by Gasteiger charge is -2.12. The monoisotopic (exact) mass is 270 g/mol. The van der Waals surface area contributed by atoms with Crippen LogP contribution in [0.15, 0.2) is 23.1 Å². The Morgan fingerprint density at radius 3 is 2.89 bits per heavy atom. The summed E-state index contributed by atoms with van der Waals surface area (Å²) in [5.41, 5.74) is 1.31.